The number of carbonyl (C=O) groups is 2. The Balaban J connectivity index is 1.64. The predicted molar refractivity (Wildman–Crippen MR) is 107 cm³/mol. The van der Waals surface area contributed by atoms with Gasteiger partial charge in [-0.15, -0.1) is 0 Å². The largest absolute Gasteiger partial charge is 0.494 e. The number of fused-ring (bicyclic) bond motifs is 1. The van der Waals surface area contributed by atoms with Crippen LogP contribution in [0.5, 0.6) is 5.75 Å². The molecule has 0 bridgehead atoms. The molecule has 2 amide bonds. The summed E-state index contributed by atoms with van der Waals surface area (Å²) in [5, 5.41) is 3.17. The predicted octanol–water partition coefficient (Wildman–Crippen LogP) is 3.84. The first-order chi connectivity index (χ1) is 13.7. The lowest BCUT2D eigenvalue weighted by Gasteiger charge is -2.27. The molecule has 0 radical (unpaired) electrons. The van der Waals surface area contributed by atoms with Crippen molar-refractivity contribution in [1.82, 2.24) is 10.2 Å². The number of ether oxygens (including phenoxy) is 1. The van der Waals surface area contributed by atoms with Gasteiger partial charge in [0.1, 0.15) is 11.8 Å². The Morgan fingerprint density at radius 2 is 1.82 bits per heavy atom. The zero-order valence-electron chi connectivity index (χ0n) is 16.2. The van der Waals surface area contributed by atoms with E-state index < -0.39 is 6.04 Å². The van der Waals surface area contributed by atoms with Crippen molar-refractivity contribution in [1.29, 1.82) is 0 Å². The second kappa shape index (κ2) is 8.05. The van der Waals surface area contributed by atoms with Crippen LogP contribution in [0.15, 0.2) is 48.5 Å². The first-order valence-electron chi connectivity index (χ1n) is 10.1. The maximum Gasteiger partial charge on any atom is 0.255 e. The first kappa shape index (κ1) is 18.5. The molecule has 4 rings (SSSR count). The SMILES string of the molecule is CCOc1ccccc1CN1C(=O)c2ccccc2C1C(=O)NC1CCCC1. The van der Waals surface area contributed by atoms with Gasteiger partial charge in [-0.2, -0.15) is 0 Å². The molecule has 1 atom stereocenters. The van der Waals surface area contributed by atoms with Crippen molar-refractivity contribution in [3.63, 3.8) is 0 Å². The highest BCUT2D eigenvalue weighted by Gasteiger charge is 2.41. The topological polar surface area (TPSA) is 58.6 Å². The number of nitrogens with one attached hydrogen (secondary N) is 1. The van der Waals surface area contributed by atoms with E-state index in [-0.39, 0.29) is 17.9 Å². The van der Waals surface area contributed by atoms with Crippen LogP contribution >= 0.6 is 0 Å². The van der Waals surface area contributed by atoms with Gasteiger partial charge in [-0.25, -0.2) is 0 Å². The number of carbonyl (C=O) groups excluding carboxylic acids is 2. The van der Waals surface area contributed by atoms with Crippen LogP contribution in [-0.4, -0.2) is 29.4 Å². The molecule has 5 nitrogen and oxygen atoms in total. The maximum absolute atomic E-state index is 13.2. The number of hydrogen-bond donors (Lipinski definition) is 1. The van der Waals surface area contributed by atoms with Crippen LogP contribution in [0.25, 0.3) is 0 Å². The third-order valence-corrected chi connectivity index (χ3v) is 5.62. The van der Waals surface area contributed by atoms with Crippen molar-refractivity contribution in [2.24, 2.45) is 0 Å². The van der Waals surface area contributed by atoms with Gasteiger partial charge in [0.2, 0.25) is 5.91 Å². The number of para-hydroxylation sites is 1. The molecule has 1 unspecified atom stereocenters. The van der Waals surface area contributed by atoms with Crippen molar-refractivity contribution in [3.05, 3.63) is 65.2 Å². The minimum Gasteiger partial charge on any atom is -0.494 e. The van der Waals surface area contributed by atoms with Crippen molar-refractivity contribution >= 4 is 11.8 Å². The normalized spacial score (nSPS) is 19.0. The van der Waals surface area contributed by atoms with Crippen molar-refractivity contribution in [2.45, 2.75) is 51.2 Å². The number of rotatable bonds is 6. The second-order valence-corrected chi connectivity index (χ2v) is 7.45. The van der Waals surface area contributed by atoms with Gasteiger partial charge in [0.25, 0.3) is 5.91 Å². The van der Waals surface area contributed by atoms with Gasteiger partial charge in [-0.1, -0.05) is 49.2 Å². The fraction of sp³-hybridized carbons (Fsp3) is 0.391. The highest BCUT2D eigenvalue weighted by atomic mass is 16.5. The summed E-state index contributed by atoms with van der Waals surface area (Å²) < 4.78 is 5.72. The highest BCUT2D eigenvalue weighted by Crippen LogP contribution is 2.36. The van der Waals surface area contributed by atoms with E-state index in [4.69, 9.17) is 4.74 Å². The number of hydrogen-bond acceptors (Lipinski definition) is 3. The Bertz CT molecular complexity index is 874. The molecule has 28 heavy (non-hydrogen) atoms. The molecule has 2 aromatic carbocycles. The molecule has 2 aliphatic rings. The molecule has 2 aromatic rings. The van der Waals surface area contributed by atoms with E-state index in [9.17, 15) is 9.59 Å². The molecule has 1 aliphatic carbocycles. The van der Waals surface area contributed by atoms with Gasteiger partial charge >= 0.3 is 0 Å². The average Bonchev–Trinajstić information content (AvgIpc) is 3.31. The lowest BCUT2D eigenvalue weighted by Crippen LogP contribution is -2.42. The van der Waals surface area contributed by atoms with Gasteiger partial charge in [0.15, 0.2) is 0 Å². The van der Waals surface area contributed by atoms with Crippen molar-refractivity contribution in [2.75, 3.05) is 6.61 Å². The second-order valence-electron chi connectivity index (χ2n) is 7.45. The third-order valence-electron chi connectivity index (χ3n) is 5.62. The van der Waals surface area contributed by atoms with Crippen molar-refractivity contribution < 1.29 is 14.3 Å². The van der Waals surface area contributed by atoms with Crippen molar-refractivity contribution in [3.8, 4) is 5.75 Å². The number of amides is 2. The fourth-order valence-corrected chi connectivity index (χ4v) is 4.28. The third kappa shape index (κ3) is 3.49. The molecule has 146 valence electrons. The Morgan fingerprint density at radius 1 is 1.11 bits per heavy atom. The van der Waals surface area contributed by atoms with Crippen LogP contribution < -0.4 is 10.1 Å². The lowest BCUT2D eigenvalue weighted by atomic mass is 10.0. The van der Waals surface area contributed by atoms with E-state index in [0.29, 0.717) is 18.7 Å². The summed E-state index contributed by atoms with van der Waals surface area (Å²) >= 11 is 0. The minimum absolute atomic E-state index is 0.0842. The summed E-state index contributed by atoms with van der Waals surface area (Å²) in [4.78, 5) is 28.0. The molecule has 0 aromatic heterocycles. The Kier molecular flexibility index (Phi) is 5.33. The van der Waals surface area contributed by atoms with E-state index in [1.165, 1.54) is 0 Å². The van der Waals surface area contributed by atoms with E-state index in [2.05, 4.69) is 5.32 Å². The summed E-state index contributed by atoms with van der Waals surface area (Å²) in [6.45, 7) is 2.83. The molecule has 0 spiro atoms. The molecular formula is C23H26N2O3. The van der Waals surface area contributed by atoms with Gasteiger partial charge in [-0.05, 0) is 37.5 Å². The molecule has 5 heteroatoms. The van der Waals surface area contributed by atoms with Gasteiger partial charge in [0.05, 0.1) is 13.2 Å². The van der Waals surface area contributed by atoms with Crippen LogP contribution in [0, 0.1) is 0 Å². The lowest BCUT2D eigenvalue weighted by molar-refractivity contribution is -0.126. The fourth-order valence-electron chi connectivity index (χ4n) is 4.28. The number of nitrogens with zero attached hydrogens (tertiary/aromatic N) is 1. The van der Waals surface area contributed by atoms with Gasteiger partial charge in [-0.3, -0.25) is 9.59 Å². The van der Waals surface area contributed by atoms with Crippen LogP contribution in [0.1, 0.15) is 60.1 Å². The van der Waals surface area contributed by atoms with E-state index in [0.717, 1.165) is 42.6 Å². The summed E-state index contributed by atoms with van der Waals surface area (Å²) in [5.74, 6) is 0.566. The van der Waals surface area contributed by atoms with Crippen LogP contribution in [0.2, 0.25) is 0 Å². The summed E-state index contributed by atoms with van der Waals surface area (Å²) in [5.41, 5.74) is 2.31. The first-order valence-corrected chi connectivity index (χ1v) is 10.1. The quantitative estimate of drug-likeness (QED) is 0.831. The Labute approximate surface area is 165 Å². The summed E-state index contributed by atoms with van der Waals surface area (Å²) in [7, 11) is 0. The zero-order chi connectivity index (χ0) is 19.5. The standard InChI is InChI=1S/C23H26N2O3/c1-2-28-20-14-8-3-9-16(20)15-25-21(22(26)24-17-10-4-5-11-17)18-12-6-7-13-19(18)23(25)27/h3,6-9,12-14,17,21H,2,4-5,10-11,15H2,1H3,(H,24,26). The molecule has 0 saturated heterocycles. The smallest absolute Gasteiger partial charge is 0.255 e. The minimum atomic E-state index is -0.598. The van der Waals surface area contributed by atoms with E-state index >= 15 is 0 Å². The summed E-state index contributed by atoms with van der Waals surface area (Å²) in [6, 6.07) is 14.8. The van der Waals surface area contributed by atoms with Crippen LogP contribution in [0.3, 0.4) is 0 Å². The molecule has 1 heterocycles. The van der Waals surface area contributed by atoms with E-state index in [1.54, 1.807) is 4.90 Å². The zero-order valence-corrected chi connectivity index (χ0v) is 16.2. The molecule has 1 N–H and O–H groups in total. The highest BCUT2D eigenvalue weighted by molar-refractivity contribution is 6.04. The molecular weight excluding hydrogens is 352 g/mol. The average molecular weight is 378 g/mol. The molecule has 1 fully saturated rings. The van der Waals surface area contributed by atoms with E-state index in [1.807, 2.05) is 55.5 Å². The van der Waals surface area contributed by atoms with Crippen LogP contribution in [-0.2, 0) is 11.3 Å². The molecule has 1 aliphatic heterocycles. The molecule has 1 saturated carbocycles. The maximum atomic E-state index is 13.2. The Morgan fingerprint density at radius 3 is 2.61 bits per heavy atom. The van der Waals surface area contributed by atoms with Gasteiger partial charge in [0, 0.05) is 17.2 Å². The van der Waals surface area contributed by atoms with Gasteiger partial charge < -0.3 is 15.0 Å². The monoisotopic (exact) mass is 378 g/mol. The Hall–Kier alpha value is -2.82. The number of benzene rings is 2. The summed E-state index contributed by atoms with van der Waals surface area (Å²) in [6.07, 6.45) is 4.33. The van der Waals surface area contributed by atoms with Crippen LogP contribution in [0.4, 0.5) is 0 Å².